The molecule has 1 amide bonds. The van der Waals surface area contributed by atoms with Crippen LogP contribution in [0.15, 0.2) is 24.3 Å². The average Bonchev–Trinajstić information content (AvgIpc) is 2.75. The summed E-state index contributed by atoms with van der Waals surface area (Å²) in [5, 5.41) is 3.00. The molecule has 1 aromatic carbocycles. The third-order valence-corrected chi connectivity index (χ3v) is 6.01. The Kier molecular flexibility index (Phi) is 17.4. The fraction of sp³-hybridized carbons (Fsp3) is 0.720. The molecule has 0 unspecified atom stereocenters. The zero-order valence-electron chi connectivity index (χ0n) is 18.5. The highest BCUT2D eigenvalue weighted by atomic mass is 127. The van der Waals surface area contributed by atoms with Gasteiger partial charge in [0.25, 0.3) is 5.91 Å². The molecule has 0 spiro atoms. The molecule has 0 aromatic heterocycles. The lowest BCUT2D eigenvalue weighted by Gasteiger charge is -2.08. The van der Waals surface area contributed by atoms with Crippen molar-refractivity contribution in [3.05, 3.63) is 29.8 Å². The van der Waals surface area contributed by atoms with Gasteiger partial charge in [0.05, 0.1) is 5.56 Å². The maximum Gasteiger partial charge on any atom is 0.255 e. The van der Waals surface area contributed by atoms with Crippen molar-refractivity contribution >= 4 is 28.9 Å². The number of halogens is 1. The van der Waals surface area contributed by atoms with Crippen molar-refractivity contribution in [2.24, 2.45) is 0 Å². The van der Waals surface area contributed by atoms with E-state index in [4.69, 9.17) is 3.07 Å². The van der Waals surface area contributed by atoms with Crippen LogP contribution in [0.5, 0.6) is 5.75 Å². The van der Waals surface area contributed by atoms with Crippen LogP contribution in [-0.2, 0) is 0 Å². The molecule has 0 radical (unpaired) electrons. The Labute approximate surface area is 193 Å². The number of carbonyl (C=O) groups excluding carboxylic acids is 1. The van der Waals surface area contributed by atoms with E-state index in [1.807, 2.05) is 41.2 Å². The number of para-hydroxylation sites is 1. The molecular formula is C25H42INO2. The number of benzene rings is 1. The number of hydrogen-bond donors (Lipinski definition) is 1. The highest BCUT2D eigenvalue weighted by Gasteiger charge is 2.10. The van der Waals surface area contributed by atoms with E-state index in [1.165, 1.54) is 96.3 Å². The van der Waals surface area contributed by atoms with Crippen molar-refractivity contribution in [2.75, 3.05) is 6.54 Å². The zero-order chi connectivity index (χ0) is 21.0. The minimum absolute atomic E-state index is 0.0433. The molecule has 0 aliphatic carbocycles. The smallest absolute Gasteiger partial charge is 0.255 e. The van der Waals surface area contributed by atoms with Gasteiger partial charge in [0.2, 0.25) is 0 Å². The van der Waals surface area contributed by atoms with Gasteiger partial charge in [-0.2, -0.15) is 0 Å². The van der Waals surface area contributed by atoms with Crippen LogP contribution >= 0.6 is 23.0 Å². The first-order valence-electron chi connectivity index (χ1n) is 12.0. The number of carbonyl (C=O) groups is 1. The molecule has 0 aliphatic rings. The van der Waals surface area contributed by atoms with Crippen LogP contribution in [0.2, 0.25) is 0 Å². The molecule has 1 rings (SSSR count). The van der Waals surface area contributed by atoms with E-state index in [1.54, 1.807) is 6.07 Å². The molecule has 166 valence electrons. The molecule has 0 saturated heterocycles. The summed E-state index contributed by atoms with van der Waals surface area (Å²) in [6, 6.07) is 7.36. The number of unbranched alkanes of at least 4 members (excludes halogenated alkanes) is 15. The molecule has 0 atom stereocenters. The Morgan fingerprint density at radius 3 is 1.69 bits per heavy atom. The van der Waals surface area contributed by atoms with Gasteiger partial charge in [0.15, 0.2) is 23.0 Å². The van der Waals surface area contributed by atoms with Gasteiger partial charge in [0, 0.05) is 6.54 Å². The molecule has 1 N–H and O–H groups in total. The summed E-state index contributed by atoms with van der Waals surface area (Å²) < 4.78 is 5.21. The van der Waals surface area contributed by atoms with Crippen LogP contribution in [0.4, 0.5) is 0 Å². The molecule has 0 heterocycles. The Balaban J connectivity index is 1.84. The molecule has 4 heteroatoms. The van der Waals surface area contributed by atoms with Crippen molar-refractivity contribution in [2.45, 2.75) is 110 Å². The van der Waals surface area contributed by atoms with Gasteiger partial charge in [0.1, 0.15) is 5.75 Å². The first-order chi connectivity index (χ1) is 14.3. The van der Waals surface area contributed by atoms with Crippen molar-refractivity contribution in [1.29, 1.82) is 0 Å². The topological polar surface area (TPSA) is 38.3 Å². The van der Waals surface area contributed by atoms with Gasteiger partial charge in [-0.1, -0.05) is 115 Å². The molecule has 0 bridgehead atoms. The summed E-state index contributed by atoms with van der Waals surface area (Å²) in [5.74, 6) is 0.579. The molecule has 1 aromatic rings. The second-order valence-electron chi connectivity index (χ2n) is 8.13. The number of amides is 1. The standard InChI is InChI=1S/C25H42INO2/c1-2-3-4-5-6-7-8-9-10-11-12-13-14-15-16-19-22-27-25(28)23-20-17-18-21-24(23)29-26/h17-18,20-21H,2-16,19,22H2,1H3,(H,27,28). The summed E-state index contributed by atoms with van der Waals surface area (Å²) in [4.78, 5) is 12.2. The fourth-order valence-corrected chi connectivity index (χ4v) is 4.08. The van der Waals surface area contributed by atoms with E-state index in [-0.39, 0.29) is 5.91 Å². The first-order valence-corrected chi connectivity index (χ1v) is 12.8. The van der Waals surface area contributed by atoms with Gasteiger partial charge in [-0.3, -0.25) is 4.79 Å². The van der Waals surface area contributed by atoms with E-state index in [0.29, 0.717) is 11.3 Å². The summed E-state index contributed by atoms with van der Waals surface area (Å²) >= 11 is 1.82. The first kappa shape index (κ1) is 26.3. The van der Waals surface area contributed by atoms with Crippen LogP contribution in [0.25, 0.3) is 0 Å². The lowest BCUT2D eigenvalue weighted by Crippen LogP contribution is -2.24. The zero-order valence-corrected chi connectivity index (χ0v) is 20.7. The normalized spacial score (nSPS) is 10.8. The summed E-state index contributed by atoms with van der Waals surface area (Å²) in [6.07, 6.45) is 21.8. The lowest BCUT2D eigenvalue weighted by atomic mass is 10.0. The Morgan fingerprint density at radius 2 is 1.21 bits per heavy atom. The van der Waals surface area contributed by atoms with Crippen molar-refractivity contribution in [3.8, 4) is 5.75 Å². The monoisotopic (exact) mass is 515 g/mol. The quantitative estimate of drug-likeness (QED) is 0.148. The molecule has 29 heavy (non-hydrogen) atoms. The van der Waals surface area contributed by atoms with Crippen LogP contribution in [-0.4, -0.2) is 12.5 Å². The highest BCUT2D eigenvalue weighted by Crippen LogP contribution is 2.19. The molecule has 0 fully saturated rings. The molecular weight excluding hydrogens is 473 g/mol. The average molecular weight is 516 g/mol. The SMILES string of the molecule is CCCCCCCCCCCCCCCCCCNC(=O)c1ccccc1OI. The van der Waals surface area contributed by atoms with Gasteiger partial charge >= 0.3 is 0 Å². The van der Waals surface area contributed by atoms with Crippen LogP contribution in [0.3, 0.4) is 0 Å². The van der Waals surface area contributed by atoms with E-state index in [0.717, 1.165) is 13.0 Å². The van der Waals surface area contributed by atoms with Crippen molar-refractivity contribution in [3.63, 3.8) is 0 Å². The highest BCUT2D eigenvalue weighted by molar-refractivity contribution is 14.1. The maximum absolute atomic E-state index is 12.2. The summed E-state index contributed by atoms with van der Waals surface area (Å²) in [7, 11) is 0. The largest absolute Gasteiger partial charge is 0.427 e. The van der Waals surface area contributed by atoms with E-state index < -0.39 is 0 Å². The fourth-order valence-electron chi connectivity index (χ4n) is 3.69. The van der Waals surface area contributed by atoms with Crippen LogP contribution in [0, 0.1) is 0 Å². The van der Waals surface area contributed by atoms with E-state index in [9.17, 15) is 4.79 Å². The van der Waals surface area contributed by atoms with Crippen LogP contribution in [0.1, 0.15) is 120 Å². The summed E-state index contributed by atoms with van der Waals surface area (Å²) in [5.41, 5.74) is 0.610. The minimum Gasteiger partial charge on any atom is -0.427 e. The van der Waals surface area contributed by atoms with Crippen LogP contribution < -0.4 is 8.38 Å². The predicted octanol–water partition coefficient (Wildman–Crippen LogP) is 8.41. The predicted molar refractivity (Wildman–Crippen MR) is 133 cm³/mol. The lowest BCUT2D eigenvalue weighted by molar-refractivity contribution is 0.0951. The Morgan fingerprint density at radius 1 is 0.759 bits per heavy atom. The van der Waals surface area contributed by atoms with Gasteiger partial charge in [-0.05, 0) is 18.6 Å². The van der Waals surface area contributed by atoms with Gasteiger partial charge in [-0.25, -0.2) is 0 Å². The Hall–Kier alpha value is -0.780. The number of hydrogen-bond acceptors (Lipinski definition) is 2. The molecule has 0 saturated carbocycles. The second kappa shape index (κ2) is 19.2. The van der Waals surface area contributed by atoms with Gasteiger partial charge in [-0.15, -0.1) is 0 Å². The molecule has 3 nitrogen and oxygen atoms in total. The number of nitrogens with one attached hydrogen (secondary N) is 1. The number of rotatable bonds is 19. The third kappa shape index (κ3) is 14.0. The van der Waals surface area contributed by atoms with Crippen molar-refractivity contribution < 1.29 is 7.86 Å². The molecule has 0 aliphatic heterocycles. The Bertz CT molecular complexity index is 521. The minimum atomic E-state index is -0.0433. The van der Waals surface area contributed by atoms with E-state index in [2.05, 4.69) is 12.2 Å². The second-order valence-corrected chi connectivity index (χ2v) is 8.57. The summed E-state index contributed by atoms with van der Waals surface area (Å²) in [6.45, 7) is 3.02. The van der Waals surface area contributed by atoms with Gasteiger partial charge < -0.3 is 8.38 Å². The third-order valence-electron chi connectivity index (χ3n) is 5.53. The van der Waals surface area contributed by atoms with Crippen molar-refractivity contribution in [1.82, 2.24) is 5.32 Å². The maximum atomic E-state index is 12.2. The van der Waals surface area contributed by atoms with E-state index >= 15 is 0 Å².